The van der Waals surface area contributed by atoms with Crippen LogP contribution < -0.4 is 9.64 Å². The van der Waals surface area contributed by atoms with Crippen LogP contribution in [0.15, 0.2) is 48.5 Å². The number of hydrogen-bond acceptors (Lipinski definition) is 6. The van der Waals surface area contributed by atoms with Crippen molar-refractivity contribution in [2.24, 2.45) is 0 Å². The molecule has 6 nitrogen and oxygen atoms in total. The van der Waals surface area contributed by atoms with E-state index in [4.69, 9.17) is 26.4 Å². The zero-order valence-electron chi connectivity index (χ0n) is 18.1. The first-order valence-corrected chi connectivity index (χ1v) is 11.8. The fourth-order valence-corrected chi connectivity index (χ4v) is 5.38. The standard InChI is InChI=1S/C24H26ClN3O3S/c1-16-14-27(24-26-21-8-7-19(25)13-22(21)32-24)15-17(2)28(16)10-11-31-20-5-3-4-18(12-20)6-9-23(29)30/h3-9,12-13,16-17H,10-11,14-15H2,1-2H3,(H,29,30)/t16-,17+. The summed E-state index contributed by atoms with van der Waals surface area (Å²) in [5.41, 5.74) is 1.79. The highest BCUT2D eigenvalue weighted by atomic mass is 35.5. The van der Waals surface area contributed by atoms with Gasteiger partial charge in [0.05, 0.1) is 10.2 Å². The van der Waals surface area contributed by atoms with Gasteiger partial charge >= 0.3 is 5.97 Å². The topological polar surface area (TPSA) is 65.9 Å². The lowest BCUT2D eigenvalue weighted by atomic mass is 10.1. The van der Waals surface area contributed by atoms with Crippen molar-refractivity contribution in [3.05, 3.63) is 59.1 Å². The molecule has 1 N–H and O–H groups in total. The molecule has 168 valence electrons. The Bertz CT molecular complexity index is 1120. The predicted octanol–water partition coefficient (Wildman–Crippen LogP) is 5.03. The van der Waals surface area contributed by atoms with E-state index in [1.165, 1.54) is 0 Å². The van der Waals surface area contributed by atoms with Gasteiger partial charge in [-0.25, -0.2) is 9.78 Å². The maximum Gasteiger partial charge on any atom is 0.328 e. The van der Waals surface area contributed by atoms with Crippen molar-refractivity contribution in [3.63, 3.8) is 0 Å². The molecule has 1 aliphatic heterocycles. The molecule has 4 rings (SSSR count). The van der Waals surface area contributed by atoms with Gasteiger partial charge in [0.1, 0.15) is 12.4 Å². The van der Waals surface area contributed by atoms with Crippen LogP contribution >= 0.6 is 22.9 Å². The summed E-state index contributed by atoms with van der Waals surface area (Å²) in [6.07, 6.45) is 2.69. The Labute approximate surface area is 196 Å². The predicted molar refractivity (Wildman–Crippen MR) is 131 cm³/mol. The Morgan fingerprint density at radius 3 is 2.78 bits per heavy atom. The Morgan fingerprint density at radius 2 is 2.03 bits per heavy atom. The van der Waals surface area contributed by atoms with Crippen LogP contribution in [0.5, 0.6) is 5.75 Å². The van der Waals surface area contributed by atoms with E-state index in [0.717, 1.165) is 57.4 Å². The van der Waals surface area contributed by atoms with Crippen molar-refractivity contribution in [1.82, 2.24) is 9.88 Å². The molecule has 1 saturated heterocycles. The van der Waals surface area contributed by atoms with Crippen LogP contribution in [0.3, 0.4) is 0 Å². The number of aromatic nitrogens is 1. The van der Waals surface area contributed by atoms with E-state index in [1.54, 1.807) is 17.4 Å². The summed E-state index contributed by atoms with van der Waals surface area (Å²) in [6.45, 7) is 7.69. The molecular weight excluding hydrogens is 446 g/mol. The zero-order valence-corrected chi connectivity index (χ0v) is 19.6. The van der Waals surface area contributed by atoms with E-state index in [0.29, 0.717) is 18.7 Å². The summed E-state index contributed by atoms with van der Waals surface area (Å²) < 4.78 is 7.07. The number of thiazole rings is 1. The number of ether oxygens (including phenoxy) is 1. The molecule has 32 heavy (non-hydrogen) atoms. The van der Waals surface area contributed by atoms with Crippen LogP contribution in [-0.2, 0) is 4.79 Å². The molecular formula is C24H26ClN3O3S. The van der Waals surface area contributed by atoms with Gasteiger partial charge < -0.3 is 14.7 Å². The van der Waals surface area contributed by atoms with Crippen LogP contribution in [0.25, 0.3) is 16.3 Å². The molecule has 0 saturated carbocycles. The molecule has 2 aromatic carbocycles. The third-order valence-corrected chi connectivity index (χ3v) is 6.92. The van der Waals surface area contributed by atoms with Crippen LogP contribution in [0, 0.1) is 0 Å². The lowest BCUT2D eigenvalue weighted by Crippen LogP contribution is -2.57. The third-order valence-electron chi connectivity index (χ3n) is 5.61. The van der Waals surface area contributed by atoms with Crippen molar-refractivity contribution in [1.29, 1.82) is 0 Å². The zero-order chi connectivity index (χ0) is 22.7. The molecule has 0 bridgehead atoms. The summed E-state index contributed by atoms with van der Waals surface area (Å²) in [5, 5.41) is 10.6. The number of benzene rings is 2. The van der Waals surface area contributed by atoms with Crippen molar-refractivity contribution in [3.8, 4) is 5.75 Å². The van der Waals surface area contributed by atoms with Gasteiger partial charge in [0.2, 0.25) is 0 Å². The van der Waals surface area contributed by atoms with E-state index in [9.17, 15) is 4.79 Å². The molecule has 1 aromatic heterocycles. The SMILES string of the molecule is C[C@@H]1CN(c2nc3ccc(Cl)cc3s2)C[C@H](C)N1CCOc1cccc(C=CC(=O)O)c1. The van der Waals surface area contributed by atoms with Gasteiger partial charge in [-0.1, -0.05) is 35.1 Å². The minimum atomic E-state index is -0.965. The Balaban J connectivity index is 1.34. The highest BCUT2D eigenvalue weighted by Crippen LogP contribution is 2.32. The van der Waals surface area contributed by atoms with Gasteiger partial charge in [-0.2, -0.15) is 0 Å². The number of carbonyl (C=O) groups is 1. The molecule has 3 aromatic rings. The van der Waals surface area contributed by atoms with Crippen LogP contribution in [0.1, 0.15) is 19.4 Å². The van der Waals surface area contributed by atoms with Crippen LogP contribution in [0.2, 0.25) is 5.02 Å². The number of nitrogens with zero attached hydrogens (tertiary/aromatic N) is 3. The number of fused-ring (bicyclic) bond motifs is 1. The molecule has 0 radical (unpaired) electrons. The number of aliphatic carboxylic acids is 1. The quantitative estimate of drug-likeness (QED) is 0.488. The highest BCUT2D eigenvalue weighted by Gasteiger charge is 2.30. The average molecular weight is 472 g/mol. The fourth-order valence-electron chi connectivity index (χ4n) is 4.12. The van der Waals surface area contributed by atoms with Gasteiger partial charge in [-0.3, -0.25) is 4.90 Å². The van der Waals surface area contributed by atoms with Crippen LogP contribution in [0.4, 0.5) is 5.13 Å². The van der Waals surface area contributed by atoms with E-state index in [2.05, 4.69) is 23.6 Å². The Hall–Kier alpha value is -2.61. The summed E-state index contributed by atoms with van der Waals surface area (Å²) in [7, 11) is 0. The van der Waals surface area contributed by atoms with Gasteiger partial charge in [-0.05, 0) is 55.8 Å². The van der Waals surface area contributed by atoms with Crippen LogP contribution in [-0.4, -0.2) is 59.3 Å². The van der Waals surface area contributed by atoms with Gasteiger partial charge in [0.15, 0.2) is 5.13 Å². The third kappa shape index (κ3) is 5.41. The van der Waals surface area contributed by atoms with Gasteiger partial charge in [0.25, 0.3) is 0 Å². The normalized spacial score (nSPS) is 19.7. The number of hydrogen-bond donors (Lipinski definition) is 1. The van der Waals surface area contributed by atoms with Crippen molar-refractivity contribution >= 4 is 50.3 Å². The summed E-state index contributed by atoms with van der Waals surface area (Å²) in [6, 6.07) is 14.0. The second kappa shape index (κ2) is 9.90. The van der Waals surface area contributed by atoms with Crippen molar-refractivity contribution < 1.29 is 14.6 Å². The number of piperazine rings is 1. The number of halogens is 1. The smallest absolute Gasteiger partial charge is 0.328 e. The molecule has 2 atom stereocenters. The minimum absolute atomic E-state index is 0.364. The number of carboxylic acids is 1. The monoisotopic (exact) mass is 471 g/mol. The fraction of sp³-hybridized carbons (Fsp3) is 0.333. The maximum absolute atomic E-state index is 10.7. The van der Waals surface area contributed by atoms with E-state index < -0.39 is 5.97 Å². The molecule has 0 unspecified atom stereocenters. The Kier molecular flexibility index (Phi) is 6.98. The molecule has 2 heterocycles. The first-order chi connectivity index (χ1) is 15.4. The molecule has 0 amide bonds. The molecule has 0 aliphatic carbocycles. The van der Waals surface area contributed by atoms with E-state index in [-0.39, 0.29) is 0 Å². The van der Waals surface area contributed by atoms with Crippen molar-refractivity contribution in [2.45, 2.75) is 25.9 Å². The second-order valence-corrected chi connectivity index (χ2v) is 9.49. The number of carboxylic acid groups (broad SMARTS) is 1. The lowest BCUT2D eigenvalue weighted by molar-refractivity contribution is -0.131. The molecule has 8 heteroatoms. The number of anilines is 1. The minimum Gasteiger partial charge on any atom is -0.492 e. The first-order valence-electron chi connectivity index (χ1n) is 10.6. The molecule has 0 spiro atoms. The largest absolute Gasteiger partial charge is 0.492 e. The number of rotatable bonds is 7. The highest BCUT2D eigenvalue weighted by molar-refractivity contribution is 7.22. The summed E-state index contributed by atoms with van der Waals surface area (Å²) in [4.78, 5) is 20.3. The average Bonchev–Trinajstić information content (AvgIpc) is 3.17. The van der Waals surface area contributed by atoms with E-state index >= 15 is 0 Å². The second-order valence-electron chi connectivity index (χ2n) is 8.04. The van der Waals surface area contributed by atoms with E-state index in [1.807, 2.05) is 42.5 Å². The maximum atomic E-state index is 10.7. The summed E-state index contributed by atoms with van der Waals surface area (Å²) >= 11 is 7.82. The van der Waals surface area contributed by atoms with Gasteiger partial charge in [0, 0.05) is 42.8 Å². The first kappa shape index (κ1) is 22.6. The molecule has 1 aliphatic rings. The summed E-state index contributed by atoms with van der Waals surface area (Å²) in [5.74, 6) is -0.224. The van der Waals surface area contributed by atoms with Crippen molar-refractivity contribution in [2.75, 3.05) is 31.1 Å². The van der Waals surface area contributed by atoms with Gasteiger partial charge in [-0.15, -0.1) is 0 Å². The Morgan fingerprint density at radius 1 is 1.25 bits per heavy atom. The lowest BCUT2D eigenvalue weighted by Gasteiger charge is -2.44. The molecule has 1 fully saturated rings.